The minimum absolute atomic E-state index is 0.413. The van der Waals surface area contributed by atoms with Gasteiger partial charge in [0, 0.05) is 22.9 Å². The van der Waals surface area contributed by atoms with Gasteiger partial charge in [0.05, 0.1) is 19.1 Å². The van der Waals surface area contributed by atoms with Crippen molar-refractivity contribution in [2.24, 2.45) is 0 Å². The Kier molecular flexibility index (Phi) is 5.94. The summed E-state index contributed by atoms with van der Waals surface area (Å²) < 4.78 is 2.01. The zero-order valence-electron chi connectivity index (χ0n) is 16.5. The van der Waals surface area contributed by atoms with Gasteiger partial charge in [-0.3, -0.25) is 4.90 Å². The highest BCUT2D eigenvalue weighted by atomic mass is 32.2. The number of fused-ring (bicyclic) bond motifs is 1. The molecule has 2 aromatic heterocycles. The molecule has 30 heavy (non-hydrogen) atoms. The van der Waals surface area contributed by atoms with E-state index in [1.54, 1.807) is 24.3 Å². The number of nitrogens with zero attached hydrogens (tertiary/aromatic N) is 5. The molecule has 4 aromatic rings. The maximum Gasteiger partial charge on any atom is 0.411 e. The second-order valence-electron chi connectivity index (χ2n) is 6.76. The number of hydrogen-bond donors (Lipinski definition) is 1. The Morgan fingerprint density at radius 3 is 2.77 bits per heavy atom. The fourth-order valence-electron chi connectivity index (χ4n) is 3.29. The second kappa shape index (κ2) is 8.96. The highest BCUT2D eigenvalue weighted by Gasteiger charge is 2.14. The van der Waals surface area contributed by atoms with E-state index in [1.165, 1.54) is 22.4 Å². The van der Waals surface area contributed by atoms with Gasteiger partial charge in [0.25, 0.3) is 0 Å². The lowest BCUT2D eigenvalue weighted by Crippen LogP contribution is -2.31. The molecule has 8 heteroatoms. The van der Waals surface area contributed by atoms with Gasteiger partial charge in [-0.15, -0.1) is 11.8 Å². The van der Waals surface area contributed by atoms with E-state index in [4.69, 9.17) is 0 Å². The van der Waals surface area contributed by atoms with Crippen molar-refractivity contribution < 1.29 is 9.90 Å². The van der Waals surface area contributed by atoms with Crippen LogP contribution in [0.2, 0.25) is 0 Å². The minimum atomic E-state index is -0.943. The highest BCUT2D eigenvalue weighted by molar-refractivity contribution is 7.99. The third kappa shape index (κ3) is 4.28. The Morgan fingerprint density at radius 1 is 1.13 bits per heavy atom. The molecular formula is C22H21N5O2S. The number of para-hydroxylation sites is 1. The molecule has 7 nitrogen and oxygen atoms in total. The van der Waals surface area contributed by atoms with Gasteiger partial charge in [0.1, 0.15) is 11.8 Å². The van der Waals surface area contributed by atoms with Crippen LogP contribution in [-0.2, 0) is 6.54 Å². The number of anilines is 1. The van der Waals surface area contributed by atoms with Gasteiger partial charge in [-0.05, 0) is 36.2 Å². The second-order valence-corrected chi connectivity index (χ2v) is 7.90. The average molecular weight is 420 g/mol. The molecule has 0 radical (unpaired) electrons. The normalized spacial score (nSPS) is 11.0. The van der Waals surface area contributed by atoms with Gasteiger partial charge in [-0.25, -0.2) is 19.7 Å². The smallest absolute Gasteiger partial charge is 0.411 e. The molecule has 2 heterocycles. The molecule has 0 atom stereocenters. The van der Waals surface area contributed by atoms with E-state index >= 15 is 0 Å². The van der Waals surface area contributed by atoms with Crippen molar-refractivity contribution >= 4 is 34.7 Å². The van der Waals surface area contributed by atoms with Gasteiger partial charge < -0.3 is 9.67 Å². The van der Waals surface area contributed by atoms with E-state index in [2.05, 4.69) is 34.0 Å². The molecule has 0 aliphatic carbocycles. The molecule has 0 fully saturated rings. The van der Waals surface area contributed by atoms with Crippen LogP contribution in [0.4, 0.5) is 10.5 Å². The van der Waals surface area contributed by atoms with E-state index in [9.17, 15) is 9.90 Å². The Bertz CT molecular complexity index is 1160. The van der Waals surface area contributed by atoms with Gasteiger partial charge in [0.15, 0.2) is 5.65 Å². The van der Waals surface area contributed by atoms with Crippen LogP contribution in [0, 0.1) is 6.92 Å². The first-order chi connectivity index (χ1) is 14.6. The number of aromatic nitrogens is 4. The zero-order chi connectivity index (χ0) is 20.9. The van der Waals surface area contributed by atoms with Crippen LogP contribution < -0.4 is 4.90 Å². The number of carboxylic acid groups (broad SMARTS) is 1. The van der Waals surface area contributed by atoms with Crippen molar-refractivity contribution in [3.8, 4) is 0 Å². The number of thioether (sulfide) groups is 1. The molecule has 0 aliphatic heterocycles. The topological polar surface area (TPSA) is 84.1 Å². The van der Waals surface area contributed by atoms with Crippen molar-refractivity contribution in [2.75, 3.05) is 17.2 Å². The number of hydrogen-bond acceptors (Lipinski definition) is 5. The summed E-state index contributed by atoms with van der Waals surface area (Å²) in [5.41, 5.74) is 4.62. The van der Waals surface area contributed by atoms with Crippen LogP contribution in [-0.4, -0.2) is 43.0 Å². The van der Waals surface area contributed by atoms with Crippen molar-refractivity contribution in [3.05, 3.63) is 78.5 Å². The number of benzene rings is 2. The fraction of sp³-hybridized carbons (Fsp3) is 0.182. The van der Waals surface area contributed by atoms with Crippen molar-refractivity contribution in [2.45, 2.75) is 18.4 Å². The molecule has 1 amide bonds. The van der Waals surface area contributed by atoms with E-state index in [-0.39, 0.29) is 0 Å². The summed E-state index contributed by atoms with van der Waals surface area (Å²) in [5, 5.41) is 9.55. The third-order valence-electron chi connectivity index (χ3n) is 4.89. The first-order valence-electron chi connectivity index (χ1n) is 9.51. The van der Waals surface area contributed by atoms with Crippen LogP contribution in [0.1, 0.15) is 11.1 Å². The fourth-order valence-corrected chi connectivity index (χ4v) is 4.31. The van der Waals surface area contributed by atoms with E-state index < -0.39 is 6.09 Å². The standard InChI is InChI=1S/C22H21N5O2S/c1-16-17(13-26-15-25-19-12-23-14-24-21(19)26)6-5-9-20(16)30-11-10-27(22(28)29)18-7-3-2-4-8-18/h2-9,12,14-15H,10-11,13H2,1H3,(H,28,29). The molecule has 4 rings (SSSR count). The quantitative estimate of drug-likeness (QED) is 0.445. The highest BCUT2D eigenvalue weighted by Crippen LogP contribution is 2.26. The van der Waals surface area contributed by atoms with Crippen molar-refractivity contribution in [3.63, 3.8) is 0 Å². The molecular weight excluding hydrogens is 398 g/mol. The first kappa shape index (κ1) is 19.9. The molecule has 152 valence electrons. The minimum Gasteiger partial charge on any atom is -0.465 e. The molecule has 0 spiro atoms. The molecule has 0 unspecified atom stereocenters. The number of imidazole rings is 1. The van der Waals surface area contributed by atoms with E-state index in [1.807, 2.05) is 41.0 Å². The van der Waals surface area contributed by atoms with E-state index in [0.29, 0.717) is 24.5 Å². The molecule has 0 saturated carbocycles. The van der Waals surface area contributed by atoms with Crippen LogP contribution in [0.5, 0.6) is 0 Å². The number of rotatable bonds is 7. The first-order valence-corrected chi connectivity index (χ1v) is 10.5. The lowest BCUT2D eigenvalue weighted by molar-refractivity contribution is 0.202. The van der Waals surface area contributed by atoms with Crippen LogP contribution in [0.15, 0.2) is 72.3 Å². The lowest BCUT2D eigenvalue weighted by atomic mass is 10.1. The largest absolute Gasteiger partial charge is 0.465 e. The van der Waals surface area contributed by atoms with Gasteiger partial charge in [-0.1, -0.05) is 30.3 Å². The molecule has 2 aromatic carbocycles. The number of carbonyl (C=O) groups is 1. The SMILES string of the molecule is Cc1c(Cn2cnc3cncnc32)cccc1SCCN(C(=O)O)c1ccccc1. The summed E-state index contributed by atoms with van der Waals surface area (Å²) in [6.07, 6.45) is 4.07. The lowest BCUT2D eigenvalue weighted by Gasteiger charge is -2.19. The Labute approximate surface area is 178 Å². The molecule has 1 N–H and O–H groups in total. The van der Waals surface area contributed by atoms with Crippen LogP contribution in [0.3, 0.4) is 0 Å². The summed E-state index contributed by atoms with van der Waals surface area (Å²) in [6, 6.07) is 15.4. The maximum absolute atomic E-state index is 11.6. The Morgan fingerprint density at radius 2 is 1.97 bits per heavy atom. The third-order valence-corrected chi connectivity index (χ3v) is 6.03. The summed E-state index contributed by atoms with van der Waals surface area (Å²) in [4.78, 5) is 26.9. The summed E-state index contributed by atoms with van der Waals surface area (Å²) in [7, 11) is 0. The molecule has 0 bridgehead atoms. The van der Waals surface area contributed by atoms with Crippen molar-refractivity contribution in [1.29, 1.82) is 0 Å². The predicted molar refractivity (Wildman–Crippen MR) is 118 cm³/mol. The summed E-state index contributed by atoms with van der Waals surface area (Å²) in [6.45, 7) is 3.17. The maximum atomic E-state index is 11.6. The Hall–Kier alpha value is -3.39. The van der Waals surface area contributed by atoms with Gasteiger partial charge in [-0.2, -0.15) is 0 Å². The van der Waals surface area contributed by atoms with Crippen molar-refractivity contribution in [1.82, 2.24) is 19.5 Å². The number of amides is 1. The summed E-state index contributed by atoms with van der Waals surface area (Å²) >= 11 is 1.66. The average Bonchev–Trinajstić information content (AvgIpc) is 3.17. The summed E-state index contributed by atoms with van der Waals surface area (Å²) in [5.74, 6) is 0.659. The molecule has 0 saturated heterocycles. The molecule has 0 aliphatic rings. The van der Waals surface area contributed by atoms with Crippen LogP contribution in [0.25, 0.3) is 11.2 Å². The van der Waals surface area contributed by atoms with Gasteiger partial charge in [0.2, 0.25) is 0 Å². The van der Waals surface area contributed by atoms with Gasteiger partial charge >= 0.3 is 6.09 Å². The van der Waals surface area contributed by atoms with Crippen LogP contribution >= 0.6 is 11.8 Å². The Balaban J connectivity index is 1.46. The monoisotopic (exact) mass is 419 g/mol. The predicted octanol–water partition coefficient (Wildman–Crippen LogP) is 4.46. The zero-order valence-corrected chi connectivity index (χ0v) is 17.3. The van der Waals surface area contributed by atoms with E-state index in [0.717, 1.165) is 16.1 Å².